The van der Waals surface area contributed by atoms with Gasteiger partial charge in [-0.2, -0.15) is 4.31 Å². The molecule has 1 aliphatic heterocycles. The number of anilines is 1. The molecule has 0 aliphatic carbocycles. The minimum absolute atomic E-state index is 0.224. The van der Waals surface area contributed by atoms with E-state index in [9.17, 15) is 13.2 Å². The van der Waals surface area contributed by atoms with E-state index < -0.39 is 16.1 Å². The number of sulfonamides is 1. The average Bonchev–Trinajstić information content (AvgIpc) is 3.20. The largest absolute Gasteiger partial charge is 0.324 e. The van der Waals surface area contributed by atoms with E-state index in [4.69, 9.17) is 0 Å². The third kappa shape index (κ3) is 3.41. The maximum atomic E-state index is 13.3. The SMILES string of the molecule is Cc1ccccc1NC(=O)[C@@H]1CCCN1S(=O)(=O)c1ccc2ccccc2c1. The molecule has 0 spiro atoms. The van der Waals surface area contributed by atoms with Gasteiger partial charge in [0.05, 0.1) is 4.90 Å². The standard InChI is InChI=1S/C22H22N2O3S/c1-16-7-2-5-10-20(16)23-22(25)21-11-6-14-24(21)28(26,27)19-13-12-17-8-3-4-9-18(17)15-19/h2-5,7-10,12-13,15,21H,6,11,14H2,1H3,(H,23,25)/t21-/m0/s1. The molecule has 1 saturated heterocycles. The second kappa shape index (κ2) is 7.37. The van der Waals surface area contributed by atoms with Crippen LogP contribution >= 0.6 is 0 Å². The lowest BCUT2D eigenvalue weighted by Crippen LogP contribution is -2.43. The highest BCUT2D eigenvalue weighted by Gasteiger charge is 2.39. The van der Waals surface area contributed by atoms with Crippen LogP contribution in [0.2, 0.25) is 0 Å². The Kier molecular flexibility index (Phi) is 4.91. The molecule has 1 heterocycles. The molecule has 6 heteroatoms. The number of aryl methyl sites for hydroxylation is 1. The van der Waals surface area contributed by atoms with Gasteiger partial charge in [0, 0.05) is 12.2 Å². The molecule has 1 aliphatic rings. The van der Waals surface area contributed by atoms with Gasteiger partial charge in [0.25, 0.3) is 0 Å². The second-order valence-corrected chi connectivity index (χ2v) is 8.98. The third-order valence-corrected chi connectivity index (χ3v) is 7.14. The van der Waals surface area contributed by atoms with Crippen LogP contribution in [0.1, 0.15) is 18.4 Å². The van der Waals surface area contributed by atoms with Crippen LogP contribution in [0, 0.1) is 6.92 Å². The number of carbonyl (C=O) groups is 1. The summed E-state index contributed by atoms with van der Waals surface area (Å²) in [5, 5.41) is 4.74. The molecule has 144 valence electrons. The van der Waals surface area contributed by atoms with Gasteiger partial charge in [0.1, 0.15) is 6.04 Å². The summed E-state index contributed by atoms with van der Waals surface area (Å²) in [6.45, 7) is 2.26. The van der Waals surface area contributed by atoms with Crippen molar-refractivity contribution in [2.24, 2.45) is 0 Å². The lowest BCUT2D eigenvalue weighted by atomic mass is 10.1. The number of hydrogen-bond acceptors (Lipinski definition) is 3. The lowest BCUT2D eigenvalue weighted by molar-refractivity contribution is -0.119. The third-order valence-electron chi connectivity index (χ3n) is 5.24. The Morgan fingerprint density at radius 3 is 2.50 bits per heavy atom. The van der Waals surface area contributed by atoms with E-state index in [-0.39, 0.29) is 10.8 Å². The smallest absolute Gasteiger partial charge is 0.243 e. The quantitative estimate of drug-likeness (QED) is 0.729. The molecule has 0 unspecified atom stereocenters. The van der Waals surface area contributed by atoms with Crippen molar-refractivity contribution in [2.75, 3.05) is 11.9 Å². The predicted octanol–water partition coefficient (Wildman–Crippen LogP) is 3.94. The molecular formula is C22H22N2O3S. The highest BCUT2D eigenvalue weighted by molar-refractivity contribution is 7.89. The van der Waals surface area contributed by atoms with Gasteiger partial charge in [0.2, 0.25) is 15.9 Å². The second-order valence-electron chi connectivity index (χ2n) is 7.09. The van der Waals surface area contributed by atoms with E-state index in [1.54, 1.807) is 18.2 Å². The minimum Gasteiger partial charge on any atom is -0.324 e. The molecular weight excluding hydrogens is 372 g/mol. The fourth-order valence-electron chi connectivity index (χ4n) is 3.68. The molecule has 28 heavy (non-hydrogen) atoms. The Labute approximate surface area is 165 Å². The first kappa shape index (κ1) is 18.7. The molecule has 1 N–H and O–H groups in total. The highest BCUT2D eigenvalue weighted by Crippen LogP contribution is 2.29. The summed E-state index contributed by atoms with van der Waals surface area (Å²) in [6.07, 6.45) is 1.18. The lowest BCUT2D eigenvalue weighted by Gasteiger charge is -2.24. The number of benzene rings is 3. The first-order valence-electron chi connectivity index (χ1n) is 9.34. The Morgan fingerprint density at radius 1 is 1.00 bits per heavy atom. The van der Waals surface area contributed by atoms with E-state index >= 15 is 0 Å². The minimum atomic E-state index is -3.75. The van der Waals surface area contributed by atoms with Crippen molar-refractivity contribution >= 4 is 32.4 Å². The zero-order valence-corrected chi connectivity index (χ0v) is 16.4. The van der Waals surface area contributed by atoms with Crippen LogP contribution in [0.15, 0.2) is 71.6 Å². The molecule has 1 amide bonds. The number of fused-ring (bicyclic) bond motifs is 1. The molecule has 0 aromatic heterocycles. The highest BCUT2D eigenvalue weighted by atomic mass is 32.2. The fourth-order valence-corrected chi connectivity index (χ4v) is 5.37. The number of amides is 1. The van der Waals surface area contributed by atoms with Crippen LogP contribution < -0.4 is 5.32 Å². The Bertz CT molecular complexity index is 1140. The Balaban J connectivity index is 1.62. The summed E-state index contributed by atoms with van der Waals surface area (Å²) in [5.74, 6) is -0.281. The fraction of sp³-hybridized carbons (Fsp3) is 0.227. The van der Waals surface area contributed by atoms with E-state index in [1.165, 1.54) is 4.31 Å². The first-order valence-corrected chi connectivity index (χ1v) is 10.8. The zero-order chi connectivity index (χ0) is 19.7. The number of nitrogens with one attached hydrogen (secondary N) is 1. The van der Waals surface area contributed by atoms with Crippen LogP contribution in [0.25, 0.3) is 10.8 Å². The van der Waals surface area contributed by atoms with Crippen molar-refractivity contribution in [3.63, 3.8) is 0 Å². The van der Waals surface area contributed by atoms with Crippen molar-refractivity contribution in [1.29, 1.82) is 0 Å². The van der Waals surface area contributed by atoms with Gasteiger partial charge < -0.3 is 5.32 Å². The summed E-state index contributed by atoms with van der Waals surface area (Å²) < 4.78 is 27.9. The van der Waals surface area contributed by atoms with Crippen molar-refractivity contribution in [1.82, 2.24) is 4.31 Å². The van der Waals surface area contributed by atoms with Crippen LogP contribution in [-0.2, 0) is 14.8 Å². The maximum absolute atomic E-state index is 13.3. The Morgan fingerprint density at radius 2 is 1.71 bits per heavy atom. The van der Waals surface area contributed by atoms with Gasteiger partial charge in [-0.1, -0.05) is 48.5 Å². The van der Waals surface area contributed by atoms with Gasteiger partial charge in [-0.05, 0) is 54.3 Å². The van der Waals surface area contributed by atoms with Gasteiger partial charge in [-0.3, -0.25) is 4.79 Å². The van der Waals surface area contributed by atoms with E-state index in [2.05, 4.69) is 5.32 Å². The summed E-state index contributed by atoms with van der Waals surface area (Å²) in [7, 11) is -3.75. The first-order chi connectivity index (χ1) is 13.5. The molecule has 1 fully saturated rings. The summed E-state index contributed by atoms with van der Waals surface area (Å²) in [6, 6.07) is 19.5. The topological polar surface area (TPSA) is 66.5 Å². The number of hydrogen-bond donors (Lipinski definition) is 1. The zero-order valence-electron chi connectivity index (χ0n) is 15.6. The molecule has 0 bridgehead atoms. The molecule has 4 rings (SSSR count). The van der Waals surface area contributed by atoms with E-state index in [1.807, 2.05) is 55.5 Å². The van der Waals surface area contributed by atoms with Crippen molar-refractivity contribution in [3.8, 4) is 0 Å². The Hall–Kier alpha value is -2.70. The number of para-hydroxylation sites is 1. The normalized spacial score (nSPS) is 17.7. The van der Waals surface area contributed by atoms with Crippen molar-refractivity contribution in [2.45, 2.75) is 30.7 Å². The molecule has 3 aromatic rings. The number of nitrogens with zero attached hydrogens (tertiary/aromatic N) is 1. The van der Waals surface area contributed by atoms with Crippen LogP contribution in [0.4, 0.5) is 5.69 Å². The molecule has 0 saturated carbocycles. The number of rotatable bonds is 4. The monoisotopic (exact) mass is 394 g/mol. The molecule has 1 atom stereocenters. The molecule has 3 aromatic carbocycles. The van der Waals surface area contributed by atoms with Crippen LogP contribution in [0.5, 0.6) is 0 Å². The molecule has 0 radical (unpaired) electrons. The van der Waals surface area contributed by atoms with Crippen molar-refractivity contribution in [3.05, 3.63) is 72.3 Å². The van der Waals surface area contributed by atoms with Crippen molar-refractivity contribution < 1.29 is 13.2 Å². The van der Waals surface area contributed by atoms with E-state index in [0.29, 0.717) is 25.1 Å². The summed E-state index contributed by atoms with van der Waals surface area (Å²) >= 11 is 0. The summed E-state index contributed by atoms with van der Waals surface area (Å²) in [4.78, 5) is 13.1. The van der Waals surface area contributed by atoms with E-state index in [0.717, 1.165) is 16.3 Å². The summed E-state index contributed by atoms with van der Waals surface area (Å²) in [5.41, 5.74) is 1.65. The predicted molar refractivity (Wildman–Crippen MR) is 111 cm³/mol. The average molecular weight is 394 g/mol. The van der Waals surface area contributed by atoms with Crippen LogP contribution in [0.3, 0.4) is 0 Å². The molecule has 5 nitrogen and oxygen atoms in total. The van der Waals surface area contributed by atoms with Gasteiger partial charge in [-0.15, -0.1) is 0 Å². The number of carbonyl (C=O) groups excluding carboxylic acids is 1. The van der Waals surface area contributed by atoms with Gasteiger partial charge in [0.15, 0.2) is 0 Å². The maximum Gasteiger partial charge on any atom is 0.243 e. The van der Waals surface area contributed by atoms with Gasteiger partial charge in [-0.25, -0.2) is 8.42 Å². The van der Waals surface area contributed by atoms with Gasteiger partial charge >= 0.3 is 0 Å². The van der Waals surface area contributed by atoms with Crippen LogP contribution in [-0.4, -0.2) is 31.2 Å².